The molecule has 0 bridgehead atoms. The van der Waals surface area contributed by atoms with E-state index in [9.17, 15) is 43.9 Å². The molecule has 0 saturated heterocycles. The molecule has 13 heteroatoms. The molecule has 3 rings (SSSR count). The number of carbonyl (C=O) groups excluding carboxylic acids is 1. The van der Waals surface area contributed by atoms with Crippen LogP contribution in [-0.2, 0) is 14.1 Å². The summed E-state index contributed by atoms with van der Waals surface area (Å²) in [5.74, 6) is -13.6. The second-order valence-corrected chi connectivity index (χ2v) is 10.6. The first-order valence-electron chi connectivity index (χ1n) is 9.18. The third-order valence-corrected chi connectivity index (χ3v) is 7.00. The van der Waals surface area contributed by atoms with Crippen molar-refractivity contribution in [1.82, 2.24) is 0 Å². The van der Waals surface area contributed by atoms with Gasteiger partial charge in [-0.05, 0) is 29.7 Å². The zero-order valence-electron chi connectivity index (χ0n) is 17.1. The van der Waals surface area contributed by atoms with Crippen LogP contribution in [-0.4, -0.2) is 24.8 Å². The molecule has 0 heterocycles. The van der Waals surface area contributed by atoms with Crippen molar-refractivity contribution in [2.45, 2.75) is 4.90 Å². The number of benzene rings is 3. The van der Waals surface area contributed by atoms with Crippen molar-refractivity contribution in [3.63, 3.8) is 0 Å². The van der Waals surface area contributed by atoms with E-state index >= 15 is 0 Å². The van der Waals surface area contributed by atoms with Gasteiger partial charge in [0.2, 0.25) is 5.78 Å². The summed E-state index contributed by atoms with van der Waals surface area (Å²) in [5, 5.41) is 0. The second-order valence-electron chi connectivity index (χ2n) is 6.95. The molecule has 0 N–H and O–H groups in total. The largest absolute Gasteiger partial charge is 0.515 e. The molecule has 0 aliphatic carbocycles. The minimum Gasteiger partial charge on any atom is -0.445 e. The molecule has 0 radical (unpaired) electrons. The van der Waals surface area contributed by atoms with Crippen molar-refractivity contribution in [3.05, 3.63) is 93.7 Å². The van der Waals surface area contributed by atoms with Gasteiger partial charge in [0.25, 0.3) is 0 Å². The molecule has 0 aliphatic rings. The monoisotopic (exact) mass is 572 g/mol. The zero-order valence-corrected chi connectivity index (χ0v) is 19.5. The summed E-state index contributed by atoms with van der Waals surface area (Å²) < 4.78 is 111. The fourth-order valence-corrected chi connectivity index (χ4v) is 4.50. The van der Waals surface area contributed by atoms with Gasteiger partial charge in [0.05, 0.1) is 0 Å². The fourth-order valence-electron chi connectivity index (χ4n) is 2.67. The lowest BCUT2D eigenvalue weighted by atomic mass is 9.79. The number of ketones is 1. The van der Waals surface area contributed by atoms with Crippen molar-refractivity contribution in [3.8, 4) is 0 Å². The van der Waals surface area contributed by atoms with Crippen LogP contribution < -0.4 is 5.46 Å². The highest BCUT2D eigenvalue weighted by atomic mass is 79.9. The molecule has 0 aliphatic heterocycles. The van der Waals surface area contributed by atoms with E-state index in [-0.39, 0.29) is 11.5 Å². The SMILES string of the molecule is C[S+](=O)(CC(=O)c1ccc(Br)cc1)c1ccccc1.Fc1c(F)c(F)c([B-](F)(F)F)c(F)c1F. The summed E-state index contributed by atoms with van der Waals surface area (Å²) >= 11 is 3.32. The number of rotatable bonds is 5. The van der Waals surface area contributed by atoms with Crippen molar-refractivity contribution < 1.29 is 43.9 Å². The van der Waals surface area contributed by atoms with E-state index in [1.165, 1.54) is 0 Å². The Bertz CT molecular complexity index is 1210. The van der Waals surface area contributed by atoms with Gasteiger partial charge in [-0.15, -0.1) is 0 Å². The summed E-state index contributed by atoms with van der Waals surface area (Å²) in [4.78, 5) is 12.9. The van der Waals surface area contributed by atoms with Crippen molar-refractivity contribution in [2.75, 3.05) is 12.0 Å². The lowest BCUT2D eigenvalue weighted by Crippen LogP contribution is -2.41. The summed E-state index contributed by atoms with van der Waals surface area (Å²) in [7, 11) is -2.33. The number of hydrogen-bond acceptors (Lipinski definition) is 2. The Kier molecular flexibility index (Phi) is 8.81. The normalized spacial score (nSPS) is 13.0. The minimum absolute atomic E-state index is 0.0403. The molecule has 2 nitrogen and oxygen atoms in total. The van der Waals surface area contributed by atoms with Crippen LogP contribution in [0.25, 0.3) is 0 Å². The van der Waals surface area contributed by atoms with Crippen molar-refractivity contribution >= 4 is 44.1 Å². The fraction of sp³-hybridized carbons (Fsp3) is 0.0952. The molecule has 34 heavy (non-hydrogen) atoms. The Balaban J connectivity index is 0.000000248. The second kappa shape index (κ2) is 10.8. The van der Waals surface area contributed by atoms with Crippen molar-refractivity contribution in [2.24, 2.45) is 0 Å². The number of Topliss-reactive ketones (excluding diaryl/α,β-unsaturated/α-hetero) is 1. The maximum absolute atomic E-state index is 12.6. The Labute approximate surface area is 198 Å². The highest BCUT2D eigenvalue weighted by Crippen LogP contribution is 2.22. The van der Waals surface area contributed by atoms with E-state index in [2.05, 4.69) is 15.9 Å². The molecule has 3 aromatic rings. The Morgan fingerprint density at radius 2 is 1.24 bits per heavy atom. The molecule has 0 aromatic heterocycles. The van der Waals surface area contributed by atoms with Crippen LogP contribution in [0.4, 0.5) is 34.9 Å². The van der Waals surface area contributed by atoms with Gasteiger partial charge < -0.3 is 12.9 Å². The molecule has 1 atom stereocenters. The molecule has 0 saturated carbocycles. The molecular formula is C21H14BBrF8O2S. The molecular weight excluding hydrogens is 559 g/mol. The van der Waals surface area contributed by atoms with E-state index in [0.29, 0.717) is 5.56 Å². The number of hydrogen-bond donors (Lipinski definition) is 0. The summed E-state index contributed by atoms with van der Waals surface area (Å²) in [6.07, 6.45) is 1.64. The maximum atomic E-state index is 12.6. The highest BCUT2D eigenvalue weighted by molar-refractivity contribution is 9.10. The van der Waals surface area contributed by atoms with Gasteiger partial charge in [0, 0.05) is 10.0 Å². The van der Waals surface area contributed by atoms with Crippen LogP contribution in [0.15, 0.2) is 64.0 Å². The van der Waals surface area contributed by atoms with Gasteiger partial charge in [-0.2, -0.15) is 0 Å². The van der Waals surface area contributed by atoms with Crippen LogP contribution in [0.3, 0.4) is 0 Å². The highest BCUT2D eigenvalue weighted by Gasteiger charge is 2.38. The first-order chi connectivity index (χ1) is 15.7. The third-order valence-electron chi connectivity index (χ3n) is 4.39. The van der Waals surface area contributed by atoms with Gasteiger partial charge in [-0.3, -0.25) is 4.79 Å². The molecule has 0 spiro atoms. The zero-order chi connectivity index (χ0) is 25.8. The van der Waals surface area contributed by atoms with E-state index in [1.54, 1.807) is 30.5 Å². The summed E-state index contributed by atoms with van der Waals surface area (Å²) in [6, 6.07) is 16.3. The first-order valence-corrected chi connectivity index (χ1v) is 12.1. The van der Waals surface area contributed by atoms with E-state index in [4.69, 9.17) is 0 Å². The quantitative estimate of drug-likeness (QED) is 0.0903. The van der Waals surface area contributed by atoms with Gasteiger partial charge in [0.15, 0.2) is 28.1 Å². The summed E-state index contributed by atoms with van der Waals surface area (Å²) in [5.41, 5.74) is -2.14. The van der Waals surface area contributed by atoms with Gasteiger partial charge in [-0.1, -0.05) is 50.5 Å². The molecule has 182 valence electrons. The standard InChI is InChI=1S/C15H14BrO2S.C6BF8/c1-19(18,14-5-3-2-4-6-14)11-15(17)12-7-9-13(16)10-8-12;8-2-1(7(13,14)15)3(9)5(11)6(12)4(2)10/h2-10H,11H2,1H3;/q+1;-1. The molecule has 0 amide bonds. The van der Waals surface area contributed by atoms with Gasteiger partial charge in [-0.25, -0.2) is 22.0 Å². The molecule has 0 fully saturated rings. The lowest BCUT2D eigenvalue weighted by molar-refractivity contribution is 0.102. The number of carbonyl (C=O) groups is 1. The average molecular weight is 573 g/mol. The topological polar surface area (TPSA) is 34.1 Å². The van der Waals surface area contributed by atoms with E-state index in [0.717, 1.165) is 9.37 Å². The Morgan fingerprint density at radius 1 is 0.794 bits per heavy atom. The Hall–Kier alpha value is -2.54. The third kappa shape index (κ3) is 6.53. The van der Waals surface area contributed by atoms with E-state index in [1.807, 2.05) is 30.3 Å². The lowest BCUT2D eigenvalue weighted by Gasteiger charge is -2.17. The average Bonchev–Trinajstić information content (AvgIpc) is 2.77. The predicted octanol–water partition coefficient (Wildman–Crippen LogP) is 6.26. The van der Waals surface area contributed by atoms with Crippen LogP contribution in [0, 0.1) is 29.1 Å². The van der Waals surface area contributed by atoms with Gasteiger partial charge in [0.1, 0.15) is 27.8 Å². The maximum Gasteiger partial charge on any atom is 0.515 e. The van der Waals surface area contributed by atoms with Crippen molar-refractivity contribution in [1.29, 1.82) is 0 Å². The van der Waals surface area contributed by atoms with E-state index < -0.39 is 51.5 Å². The minimum atomic E-state index is -6.30. The Morgan fingerprint density at radius 3 is 1.68 bits per heavy atom. The van der Waals surface area contributed by atoms with Crippen LogP contribution in [0.1, 0.15) is 10.4 Å². The molecule has 1 unspecified atom stereocenters. The van der Waals surface area contributed by atoms with Crippen LogP contribution in [0.2, 0.25) is 0 Å². The number of halogens is 9. The van der Waals surface area contributed by atoms with Crippen LogP contribution in [0.5, 0.6) is 0 Å². The van der Waals surface area contributed by atoms with Crippen LogP contribution >= 0.6 is 15.9 Å². The smallest absolute Gasteiger partial charge is 0.445 e. The summed E-state index contributed by atoms with van der Waals surface area (Å²) in [6.45, 7) is -6.30. The molecule has 3 aromatic carbocycles. The van der Waals surface area contributed by atoms with Gasteiger partial charge >= 0.3 is 6.98 Å². The first kappa shape index (κ1) is 27.7. The predicted molar refractivity (Wildman–Crippen MR) is 117 cm³/mol.